The number of H-pyrrole nitrogens is 2. The Kier molecular flexibility index (Phi) is 4.65. The highest BCUT2D eigenvalue weighted by atomic mass is 16.6. The smallest absolute Gasteiger partial charge is 0.328 e. The van der Waals surface area contributed by atoms with Crippen molar-refractivity contribution in [2.24, 2.45) is 0 Å². The predicted octanol–water partition coefficient (Wildman–Crippen LogP) is 1.31. The second-order valence-corrected chi connectivity index (χ2v) is 5.50. The van der Waals surface area contributed by atoms with Gasteiger partial charge in [-0.3, -0.25) is 20.0 Å². The number of benzene rings is 1. The highest BCUT2D eigenvalue weighted by molar-refractivity contribution is 5.98. The van der Waals surface area contributed by atoms with E-state index in [1.54, 1.807) is 6.20 Å². The molecule has 2 aromatic heterocycles. The molecule has 1 atom stereocenters. The number of fused-ring (bicyclic) bond motifs is 1. The van der Waals surface area contributed by atoms with Crippen LogP contribution in [0, 0.1) is 10.1 Å². The topological polar surface area (TPSA) is 143 Å². The van der Waals surface area contributed by atoms with Gasteiger partial charge in [0.25, 0.3) is 5.91 Å². The zero-order chi connectivity index (χ0) is 18.7. The normalized spacial score (nSPS) is 11.9. The molecule has 0 saturated heterocycles. The van der Waals surface area contributed by atoms with Crippen LogP contribution in [-0.4, -0.2) is 45.1 Å². The van der Waals surface area contributed by atoms with Crippen LogP contribution in [0.5, 0.6) is 0 Å². The number of esters is 1. The monoisotopic (exact) mass is 357 g/mol. The second kappa shape index (κ2) is 7.05. The summed E-state index contributed by atoms with van der Waals surface area (Å²) in [5, 5.41) is 20.1. The van der Waals surface area contributed by atoms with E-state index < -0.39 is 28.5 Å². The minimum Gasteiger partial charge on any atom is -0.467 e. The average molecular weight is 357 g/mol. The van der Waals surface area contributed by atoms with Crippen molar-refractivity contribution < 1.29 is 19.2 Å². The highest BCUT2D eigenvalue weighted by Crippen LogP contribution is 2.20. The van der Waals surface area contributed by atoms with Gasteiger partial charge in [-0.1, -0.05) is 18.2 Å². The first-order valence-corrected chi connectivity index (χ1v) is 7.62. The Bertz CT molecular complexity index is 976. The van der Waals surface area contributed by atoms with Crippen molar-refractivity contribution >= 4 is 28.5 Å². The van der Waals surface area contributed by atoms with Gasteiger partial charge in [-0.15, -0.1) is 0 Å². The fourth-order valence-corrected chi connectivity index (χ4v) is 2.67. The second-order valence-electron chi connectivity index (χ2n) is 5.50. The van der Waals surface area contributed by atoms with E-state index in [1.165, 1.54) is 7.11 Å². The van der Waals surface area contributed by atoms with E-state index >= 15 is 0 Å². The Morgan fingerprint density at radius 2 is 2.15 bits per heavy atom. The van der Waals surface area contributed by atoms with Gasteiger partial charge in [0.15, 0.2) is 0 Å². The molecule has 0 fully saturated rings. The molecule has 3 rings (SSSR count). The summed E-state index contributed by atoms with van der Waals surface area (Å²) in [5.74, 6) is -1.48. The van der Waals surface area contributed by atoms with Gasteiger partial charge in [-0.2, -0.15) is 5.10 Å². The molecular formula is C16H15N5O5. The lowest BCUT2D eigenvalue weighted by atomic mass is 10.0. The summed E-state index contributed by atoms with van der Waals surface area (Å²) >= 11 is 0. The number of aromatic nitrogens is 3. The van der Waals surface area contributed by atoms with Crippen molar-refractivity contribution in [3.8, 4) is 0 Å². The number of hydrogen-bond acceptors (Lipinski definition) is 6. The summed E-state index contributed by atoms with van der Waals surface area (Å²) < 4.78 is 4.75. The summed E-state index contributed by atoms with van der Waals surface area (Å²) in [7, 11) is 1.20. The molecule has 0 radical (unpaired) electrons. The molecule has 0 spiro atoms. The van der Waals surface area contributed by atoms with Crippen LogP contribution >= 0.6 is 0 Å². The number of aromatic amines is 2. The number of ether oxygens (including phenoxy) is 1. The molecule has 0 aliphatic rings. The maximum absolute atomic E-state index is 12.4. The highest BCUT2D eigenvalue weighted by Gasteiger charge is 2.28. The standard InChI is InChI=1S/C16H15N5O5/c1-26-16(23)12(6-9-7-17-11-5-3-2-4-10(9)11)19-15(22)14-13(21(24)25)8-18-20-14/h2-5,7-8,12,17H,6H2,1H3,(H,18,20)(H,19,22)/t12-/m0/s1. The van der Waals surface area contributed by atoms with Gasteiger partial charge in [-0.05, 0) is 11.6 Å². The number of para-hydroxylation sites is 1. The van der Waals surface area contributed by atoms with Crippen molar-refractivity contribution in [2.75, 3.05) is 7.11 Å². The molecule has 3 aromatic rings. The molecule has 0 aliphatic heterocycles. The third-order valence-electron chi connectivity index (χ3n) is 3.93. The van der Waals surface area contributed by atoms with E-state index in [1.807, 2.05) is 24.3 Å². The molecule has 1 amide bonds. The molecule has 10 heteroatoms. The molecular weight excluding hydrogens is 342 g/mol. The number of hydrogen-bond donors (Lipinski definition) is 3. The van der Waals surface area contributed by atoms with E-state index in [0.29, 0.717) is 0 Å². The Balaban J connectivity index is 1.84. The van der Waals surface area contributed by atoms with E-state index in [9.17, 15) is 19.7 Å². The van der Waals surface area contributed by atoms with E-state index in [0.717, 1.165) is 22.7 Å². The first kappa shape index (κ1) is 17.1. The number of nitro groups is 1. The Hall–Kier alpha value is -3.69. The van der Waals surface area contributed by atoms with Crippen LogP contribution < -0.4 is 5.32 Å². The third kappa shape index (κ3) is 3.24. The van der Waals surface area contributed by atoms with Crippen molar-refractivity contribution in [1.82, 2.24) is 20.5 Å². The number of nitrogens with one attached hydrogen (secondary N) is 3. The molecule has 10 nitrogen and oxygen atoms in total. The number of carbonyl (C=O) groups excluding carboxylic acids is 2. The first-order valence-electron chi connectivity index (χ1n) is 7.62. The molecule has 2 heterocycles. The van der Waals surface area contributed by atoms with Crippen LogP contribution in [0.4, 0.5) is 5.69 Å². The van der Waals surface area contributed by atoms with Gasteiger partial charge in [-0.25, -0.2) is 4.79 Å². The van der Waals surface area contributed by atoms with Crippen LogP contribution in [0.1, 0.15) is 16.1 Å². The van der Waals surface area contributed by atoms with E-state index in [-0.39, 0.29) is 12.1 Å². The maximum atomic E-state index is 12.4. The summed E-state index contributed by atoms with van der Waals surface area (Å²) in [5.41, 5.74) is 0.887. The first-order chi connectivity index (χ1) is 12.5. The number of rotatable bonds is 6. The molecule has 3 N–H and O–H groups in total. The van der Waals surface area contributed by atoms with Crippen LogP contribution in [0.15, 0.2) is 36.7 Å². The molecule has 0 bridgehead atoms. The van der Waals surface area contributed by atoms with Crippen molar-refractivity contribution in [3.63, 3.8) is 0 Å². The lowest BCUT2D eigenvalue weighted by Gasteiger charge is -2.15. The lowest BCUT2D eigenvalue weighted by molar-refractivity contribution is -0.385. The number of amides is 1. The Morgan fingerprint density at radius 3 is 2.88 bits per heavy atom. The molecule has 0 aliphatic carbocycles. The minimum absolute atomic E-state index is 0.157. The van der Waals surface area contributed by atoms with Crippen molar-refractivity contribution in [3.05, 3.63) is 58.0 Å². The molecule has 1 aromatic carbocycles. The summed E-state index contributed by atoms with van der Waals surface area (Å²) in [6, 6.07) is 6.49. The SMILES string of the molecule is COC(=O)[C@H](Cc1c[nH]c2ccccc12)NC(=O)c1[nH]ncc1[N+](=O)[O-]. The fraction of sp³-hybridized carbons (Fsp3) is 0.188. The van der Waals surface area contributed by atoms with Gasteiger partial charge >= 0.3 is 11.7 Å². The zero-order valence-corrected chi connectivity index (χ0v) is 13.7. The molecule has 26 heavy (non-hydrogen) atoms. The van der Waals surface area contributed by atoms with E-state index in [2.05, 4.69) is 20.5 Å². The quantitative estimate of drug-likeness (QED) is 0.345. The van der Waals surface area contributed by atoms with Gasteiger partial charge in [0.2, 0.25) is 5.69 Å². The number of nitrogens with zero attached hydrogens (tertiary/aromatic N) is 2. The van der Waals surface area contributed by atoms with Gasteiger partial charge in [0.1, 0.15) is 12.2 Å². The van der Waals surface area contributed by atoms with Crippen LogP contribution in [0.2, 0.25) is 0 Å². The van der Waals surface area contributed by atoms with E-state index in [4.69, 9.17) is 4.74 Å². The Labute approximate surface area is 146 Å². The van der Waals surface area contributed by atoms with Crippen molar-refractivity contribution in [1.29, 1.82) is 0 Å². The summed E-state index contributed by atoms with van der Waals surface area (Å²) in [6.07, 6.45) is 2.83. The largest absolute Gasteiger partial charge is 0.467 e. The zero-order valence-electron chi connectivity index (χ0n) is 13.7. The Morgan fingerprint density at radius 1 is 1.38 bits per heavy atom. The average Bonchev–Trinajstić information content (AvgIpc) is 3.28. The van der Waals surface area contributed by atoms with Gasteiger partial charge in [0, 0.05) is 23.5 Å². The van der Waals surface area contributed by atoms with Gasteiger partial charge in [0.05, 0.1) is 12.0 Å². The number of carbonyl (C=O) groups is 2. The van der Waals surface area contributed by atoms with Crippen LogP contribution in [0.3, 0.4) is 0 Å². The molecule has 0 saturated carbocycles. The fourth-order valence-electron chi connectivity index (χ4n) is 2.67. The maximum Gasteiger partial charge on any atom is 0.328 e. The summed E-state index contributed by atoms with van der Waals surface area (Å²) in [4.78, 5) is 37.7. The van der Waals surface area contributed by atoms with Crippen LogP contribution in [0.25, 0.3) is 10.9 Å². The number of methoxy groups -OCH3 is 1. The predicted molar refractivity (Wildman–Crippen MR) is 90.5 cm³/mol. The van der Waals surface area contributed by atoms with Crippen LogP contribution in [-0.2, 0) is 16.0 Å². The summed E-state index contributed by atoms with van der Waals surface area (Å²) in [6.45, 7) is 0. The molecule has 0 unspecified atom stereocenters. The van der Waals surface area contributed by atoms with Crippen molar-refractivity contribution in [2.45, 2.75) is 12.5 Å². The minimum atomic E-state index is -1.02. The third-order valence-corrected chi connectivity index (χ3v) is 3.93. The molecule has 134 valence electrons. The lowest BCUT2D eigenvalue weighted by Crippen LogP contribution is -2.43. The van der Waals surface area contributed by atoms with Gasteiger partial charge < -0.3 is 15.0 Å².